The van der Waals surface area contributed by atoms with Crippen molar-refractivity contribution in [3.8, 4) is 5.75 Å². The summed E-state index contributed by atoms with van der Waals surface area (Å²) < 4.78 is 4.92. The monoisotopic (exact) mass is 157 g/mol. The fraction of sp³-hybridized carbons (Fsp3) is 0.143. The van der Waals surface area contributed by atoms with Crippen molar-refractivity contribution in [2.45, 2.75) is 0 Å². The number of methoxy groups -OCH3 is 1. The van der Waals surface area contributed by atoms with E-state index in [1.807, 2.05) is 18.2 Å². The van der Waals surface area contributed by atoms with Crippen molar-refractivity contribution in [1.29, 1.82) is 0 Å². The maximum atomic E-state index is 5.45. The highest BCUT2D eigenvalue weighted by Gasteiger charge is 1.87. The first-order chi connectivity index (χ1) is 4.33. The van der Waals surface area contributed by atoms with Crippen molar-refractivity contribution < 1.29 is 4.74 Å². The molecule has 10 heavy (non-hydrogen) atoms. The third-order valence-corrected chi connectivity index (χ3v) is 1.09. The molecule has 3 heteroatoms. The number of hydrogen-bond donors (Lipinski definition) is 1. The Balaban J connectivity index is 0.000000810. The van der Waals surface area contributed by atoms with Crippen molar-refractivity contribution >= 4 is 15.6 Å². The van der Waals surface area contributed by atoms with Crippen molar-refractivity contribution in [3.63, 3.8) is 0 Å². The Morgan fingerprint density at radius 3 is 2.50 bits per heavy atom. The first kappa shape index (κ1) is 9.25. The van der Waals surface area contributed by atoms with Crippen LogP contribution >= 0.6 is 9.90 Å². The zero-order chi connectivity index (χ0) is 6.69. The van der Waals surface area contributed by atoms with Gasteiger partial charge >= 0.3 is 0 Å². The van der Waals surface area contributed by atoms with Crippen molar-refractivity contribution in [1.82, 2.24) is 0 Å². The van der Waals surface area contributed by atoms with E-state index < -0.39 is 0 Å². The van der Waals surface area contributed by atoms with Gasteiger partial charge in [0.15, 0.2) is 0 Å². The summed E-state index contributed by atoms with van der Waals surface area (Å²) in [6, 6.07) is 7.31. The fourth-order valence-corrected chi connectivity index (χ4v) is 0.642. The van der Waals surface area contributed by atoms with Gasteiger partial charge < -0.3 is 10.5 Å². The first-order valence-electron chi connectivity index (χ1n) is 2.72. The highest BCUT2D eigenvalue weighted by Crippen LogP contribution is 2.12. The standard InChI is InChI=1S/C7H9NO.H3P/c1-9-7-4-2-3-6(8)5-7;/h2-5H,8H2,1H3;1H3. The number of rotatable bonds is 1. The summed E-state index contributed by atoms with van der Waals surface area (Å²) in [5.74, 6) is 0.801. The summed E-state index contributed by atoms with van der Waals surface area (Å²) in [5.41, 5.74) is 6.19. The third kappa shape index (κ3) is 2.24. The Morgan fingerprint density at radius 2 is 2.10 bits per heavy atom. The predicted molar refractivity (Wildman–Crippen MR) is 48.5 cm³/mol. The zero-order valence-corrected chi connectivity index (χ0v) is 7.42. The molecule has 1 atom stereocenters. The van der Waals surface area contributed by atoms with Crippen LogP contribution in [0, 0.1) is 0 Å². The lowest BCUT2D eigenvalue weighted by atomic mass is 10.3. The minimum Gasteiger partial charge on any atom is -0.497 e. The molecular weight excluding hydrogens is 145 g/mol. The van der Waals surface area contributed by atoms with Crippen molar-refractivity contribution in [2.75, 3.05) is 12.8 Å². The molecule has 2 N–H and O–H groups in total. The fourth-order valence-electron chi connectivity index (χ4n) is 0.642. The quantitative estimate of drug-likeness (QED) is 0.493. The Bertz CT molecular complexity index is 203. The molecule has 0 bridgehead atoms. The molecule has 0 aromatic heterocycles. The second kappa shape index (κ2) is 4.13. The Kier molecular flexibility index (Phi) is 3.82. The predicted octanol–water partition coefficient (Wildman–Crippen LogP) is 1.34. The van der Waals surface area contributed by atoms with Crippen molar-refractivity contribution in [3.05, 3.63) is 24.3 Å². The third-order valence-electron chi connectivity index (χ3n) is 1.09. The Hall–Kier alpha value is -0.750. The van der Waals surface area contributed by atoms with Gasteiger partial charge in [-0.05, 0) is 12.1 Å². The van der Waals surface area contributed by atoms with Crippen LogP contribution in [0.1, 0.15) is 0 Å². The molecular formula is C7H12NOP. The van der Waals surface area contributed by atoms with Gasteiger partial charge in [0.1, 0.15) is 5.75 Å². The van der Waals surface area contributed by atoms with Gasteiger partial charge in [0, 0.05) is 11.8 Å². The summed E-state index contributed by atoms with van der Waals surface area (Å²) >= 11 is 0. The van der Waals surface area contributed by atoms with E-state index in [9.17, 15) is 0 Å². The number of nitrogens with two attached hydrogens (primary N) is 1. The van der Waals surface area contributed by atoms with E-state index in [1.165, 1.54) is 0 Å². The SMILES string of the molecule is COc1cccc(N)c1.P. The van der Waals surface area contributed by atoms with Gasteiger partial charge in [-0.1, -0.05) is 6.07 Å². The van der Waals surface area contributed by atoms with Gasteiger partial charge in [0.05, 0.1) is 7.11 Å². The second-order valence-corrected chi connectivity index (χ2v) is 1.78. The number of nitrogen functional groups attached to an aromatic ring is 1. The van der Waals surface area contributed by atoms with E-state index >= 15 is 0 Å². The van der Waals surface area contributed by atoms with E-state index in [2.05, 4.69) is 0 Å². The topological polar surface area (TPSA) is 35.2 Å². The molecule has 0 aliphatic heterocycles. The van der Waals surface area contributed by atoms with Crippen molar-refractivity contribution in [2.24, 2.45) is 0 Å². The highest BCUT2D eigenvalue weighted by molar-refractivity contribution is 6.92. The van der Waals surface area contributed by atoms with E-state index in [0.717, 1.165) is 11.4 Å². The van der Waals surface area contributed by atoms with Crippen LogP contribution in [0.15, 0.2) is 24.3 Å². The second-order valence-electron chi connectivity index (χ2n) is 1.78. The molecule has 0 amide bonds. The minimum atomic E-state index is 0. The molecule has 0 saturated carbocycles. The molecule has 0 aliphatic rings. The van der Waals surface area contributed by atoms with E-state index in [1.54, 1.807) is 13.2 Å². The molecule has 56 valence electrons. The average Bonchev–Trinajstić information content (AvgIpc) is 1.88. The van der Waals surface area contributed by atoms with Gasteiger partial charge in [-0.15, -0.1) is 0 Å². The largest absolute Gasteiger partial charge is 0.497 e. The molecule has 0 radical (unpaired) electrons. The lowest BCUT2D eigenvalue weighted by Crippen LogP contribution is -1.86. The van der Waals surface area contributed by atoms with Gasteiger partial charge in [-0.25, -0.2) is 0 Å². The number of benzene rings is 1. The lowest BCUT2D eigenvalue weighted by Gasteiger charge is -1.97. The minimum absolute atomic E-state index is 0. The van der Waals surface area contributed by atoms with Crippen LogP contribution in [-0.2, 0) is 0 Å². The molecule has 1 rings (SSSR count). The van der Waals surface area contributed by atoms with Crippen LogP contribution in [0.4, 0.5) is 5.69 Å². The Morgan fingerprint density at radius 1 is 1.40 bits per heavy atom. The van der Waals surface area contributed by atoms with E-state index in [-0.39, 0.29) is 9.90 Å². The molecule has 1 aromatic carbocycles. The summed E-state index contributed by atoms with van der Waals surface area (Å²) in [5, 5.41) is 0. The molecule has 0 spiro atoms. The summed E-state index contributed by atoms with van der Waals surface area (Å²) in [6.07, 6.45) is 0. The molecule has 1 aromatic rings. The molecule has 0 saturated heterocycles. The van der Waals surface area contributed by atoms with E-state index in [0.29, 0.717) is 0 Å². The summed E-state index contributed by atoms with van der Waals surface area (Å²) in [6.45, 7) is 0. The smallest absolute Gasteiger partial charge is 0.120 e. The molecule has 0 aliphatic carbocycles. The van der Waals surface area contributed by atoms with E-state index in [4.69, 9.17) is 10.5 Å². The van der Waals surface area contributed by atoms with Crippen LogP contribution in [0.5, 0.6) is 5.75 Å². The average molecular weight is 157 g/mol. The number of anilines is 1. The lowest BCUT2D eigenvalue weighted by molar-refractivity contribution is 0.415. The van der Waals surface area contributed by atoms with Crippen LogP contribution < -0.4 is 10.5 Å². The Labute approximate surface area is 64.0 Å². The molecule has 2 nitrogen and oxygen atoms in total. The molecule has 0 heterocycles. The van der Waals surface area contributed by atoms with Gasteiger partial charge in [0.25, 0.3) is 0 Å². The number of ether oxygens (including phenoxy) is 1. The summed E-state index contributed by atoms with van der Waals surface area (Å²) in [7, 11) is 1.62. The normalized spacial score (nSPS) is 8.10. The maximum absolute atomic E-state index is 5.45. The highest BCUT2D eigenvalue weighted by atomic mass is 31.0. The van der Waals surface area contributed by atoms with Crippen LogP contribution in [0.3, 0.4) is 0 Å². The van der Waals surface area contributed by atoms with Crippen LogP contribution in [0.25, 0.3) is 0 Å². The van der Waals surface area contributed by atoms with Gasteiger partial charge in [-0.3, -0.25) is 0 Å². The summed E-state index contributed by atoms with van der Waals surface area (Å²) in [4.78, 5) is 0. The van der Waals surface area contributed by atoms with Crippen LogP contribution in [0.2, 0.25) is 0 Å². The maximum Gasteiger partial charge on any atom is 0.120 e. The van der Waals surface area contributed by atoms with Crippen LogP contribution in [-0.4, -0.2) is 7.11 Å². The van der Waals surface area contributed by atoms with Gasteiger partial charge in [-0.2, -0.15) is 9.90 Å². The zero-order valence-electron chi connectivity index (χ0n) is 6.00. The molecule has 1 unspecified atom stereocenters. The van der Waals surface area contributed by atoms with Gasteiger partial charge in [0.2, 0.25) is 0 Å². The number of hydrogen-bond acceptors (Lipinski definition) is 2. The first-order valence-corrected chi connectivity index (χ1v) is 2.72. The molecule has 0 fully saturated rings.